The van der Waals surface area contributed by atoms with Crippen molar-refractivity contribution in [3.63, 3.8) is 0 Å². The Morgan fingerprint density at radius 3 is 2.89 bits per heavy atom. The van der Waals surface area contributed by atoms with E-state index in [1.54, 1.807) is 4.90 Å². The molecule has 2 amide bonds. The predicted molar refractivity (Wildman–Crippen MR) is 70.9 cm³/mol. The van der Waals surface area contributed by atoms with Gasteiger partial charge < -0.3 is 10.2 Å². The van der Waals surface area contributed by atoms with Crippen LogP contribution >= 0.6 is 0 Å². The highest BCUT2D eigenvalue weighted by Gasteiger charge is 2.27. The van der Waals surface area contributed by atoms with Crippen molar-refractivity contribution in [3.8, 4) is 12.3 Å². The van der Waals surface area contributed by atoms with E-state index in [0.717, 1.165) is 6.42 Å². The van der Waals surface area contributed by atoms with Gasteiger partial charge in [0.05, 0.1) is 11.5 Å². The van der Waals surface area contributed by atoms with Crippen LogP contribution in [0.1, 0.15) is 26.2 Å². The standard InChI is InChI=1S/C12H20N2O3S/c1-3-4-5-7-13-12(15)14-8-10-18(16,17)9-6-11(14)2/h1,11H,4-10H2,2H3,(H,13,15). The number of rotatable bonds is 3. The summed E-state index contributed by atoms with van der Waals surface area (Å²) in [6.45, 7) is 2.67. The first-order chi connectivity index (χ1) is 8.46. The lowest BCUT2D eigenvalue weighted by Crippen LogP contribution is -2.45. The van der Waals surface area contributed by atoms with Crippen LogP contribution in [0.25, 0.3) is 0 Å². The van der Waals surface area contributed by atoms with Gasteiger partial charge in [-0.15, -0.1) is 12.3 Å². The number of hydrogen-bond donors (Lipinski definition) is 1. The van der Waals surface area contributed by atoms with E-state index < -0.39 is 9.84 Å². The van der Waals surface area contributed by atoms with Crippen molar-refractivity contribution >= 4 is 15.9 Å². The first-order valence-electron chi connectivity index (χ1n) is 6.14. The fourth-order valence-electron chi connectivity index (χ4n) is 1.85. The average molecular weight is 272 g/mol. The van der Waals surface area contributed by atoms with Crippen LogP contribution in [0.5, 0.6) is 0 Å². The van der Waals surface area contributed by atoms with Crippen LogP contribution in [0.2, 0.25) is 0 Å². The molecule has 0 aromatic rings. The van der Waals surface area contributed by atoms with E-state index in [9.17, 15) is 13.2 Å². The number of urea groups is 1. The number of hydrogen-bond acceptors (Lipinski definition) is 3. The molecule has 1 saturated heterocycles. The highest BCUT2D eigenvalue weighted by Crippen LogP contribution is 2.12. The molecule has 5 nitrogen and oxygen atoms in total. The van der Waals surface area contributed by atoms with Crippen LogP contribution < -0.4 is 5.32 Å². The first-order valence-corrected chi connectivity index (χ1v) is 7.97. The molecule has 0 spiro atoms. The number of carbonyl (C=O) groups excluding carboxylic acids is 1. The highest BCUT2D eigenvalue weighted by molar-refractivity contribution is 7.91. The summed E-state index contributed by atoms with van der Waals surface area (Å²) in [5.41, 5.74) is 0. The third kappa shape index (κ3) is 4.57. The Bertz CT molecular complexity index is 425. The van der Waals surface area contributed by atoms with Gasteiger partial charge in [-0.05, 0) is 19.8 Å². The summed E-state index contributed by atoms with van der Waals surface area (Å²) in [6.07, 6.45) is 6.99. The topological polar surface area (TPSA) is 66.5 Å². The molecule has 0 radical (unpaired) electrons. The number of sulfone groups is 1. The summed E-state index contributed by atoms with van der Waals surface area (Å²) in [6, 6.07) is -0.244. The fraction of sp³-hybridized carbons (Fsp3) is 0.750. The number of terminal acetylenes is 1. The van der Waals surface area contributed by atoms with Gasteiger partial charge >= 0.3 is 6.03 Å². The molecule has 6 heteroatoms. The SMILES string of the molecule is C#CCCCNC(=O)N1CCS(=O)(=O)CCC1C. The third-order valence-electron chi connectivity index (χ3n) is 3.06. The van der Waals surface area contributed by atoms with Crippen molar-refractivity contribution in [2.75, 3.05) is 24.6 Å². The van der Waals surface area contributed by atoms with Gasteiger partial charge in [0.25, 0.3) is 0 Å². The lowest BCUT2D eigenvalue weighted by molar-refractivity contribution is 0.183. The molecule has 18 heavy (non-hydrogen) atoms. The van der Waals surface area contributed by atoms with Crippen LogP contribution in [-0.4, -0.2) is 50.0 Å². The van der Waals surface area contributed by atoms with Crippen molar-refractivity contribution in [1.82, 2.24) is 10.2 Å². The van der Waals surface area contributed by atoms with E-state index in [4.69, 9.17) is 6.42 Å². The average Bonchev–Trinajstić information content (AvgIpc) is 2.45. The predicted octanol–water partition coefficient (Wildman–Crippen LogP) is 0.618. The first kappa shape index (κ1) is 14.8. The normalized spacial score (nSPS) is 22.9. The summed E-state index contributed by atoms with van der Waals surface area (Å²) in [4.78, 5) is 13.5. The molecular formula is C12H20N2O3S. The molecule has 1 rings (SSSR count). The van der Waals surface area contributed by atoms with Crippen LogP contribution in [0.15, 0.2) is 0 Å². The Morgan fingerprint density at radius 1 is 1.50 bits per heavy atom. The van der Waals surface area contributed by atoms with E-state index in [-0.39, 0.29) is 30.1 Å². The van der Waals surface area contributed by atoms with Gasteiger partial charge in [-0.2, -0.15) is 0 Å². The lowest BCUT2D eigenvalue weighted by Gasteiger charge is -2.26. The third-order valence-corrected chi connectivity index (χ3v) is 4.72. The summed E-state index contributed by atoms with van der Waals surface area (Å²) in [5, 5.41) is 2.77. The van der Waals surface area contributed by atoms with Crippen molar-refractivity contribution in [2.24, 2.45) is 0 Å². The molecule has 1 aliphatic rings. The van der Waals surface area contributed by atoms with Crippen LogP contribution in [0.4, 0.5) is 4.79 Å². The molecule has 1 unspecified atom stereocenters. The van der Waals surface area contributed by atoms with Gasteiger partial charge in [0.15, 0.2) is 9.84 Å². The molecule has 0 aliphatic carbocycles. The Kier molecular flexibility index (Phi) is 5.48. The van der Waals surface area contributed by atoms with Gasteiger partial charge in [0, 0.05) is 25.6 Å². The zero-order valence-electron chi connectivity index (χ0n) is 10.7. The monoisotopic (exact) mass is 272 g/mol. The Labute approximate surface area is 109 Å². The quantitative estimate of drug-likeness (QED) is 0.605. The molecule has 1 fully saturated rings. The number of unbranched alkanes of at least 4 members (excludes halogenated alkanes) is 1. The van der Waals surface area contributed by atoms with Crippen molar-refractivity contribution in [1.29, 1.82) is 0 Å². The number of nitrogens with zero attached hydrogens (tertiary/aromatic N) is 1. The maximum atomic E-state index is 11.9. The Hall–Kier alpha value is -1.22. The molecule has 0 aromatic heterocycles. The van der Waals surface area contributed by atoms with Gasteiger partial charge in [-0.3, -0.25) is 0 Å². The molecule has 1 aliphatic heterocycles. The fourth-order valence-corrected chi connectivity index (χ4v) is 3.23. The number of amides is 2. The number of nitrogens with one attached hydrogen (secondary N) is 1. The van der Waals surface area contributed by atoms with E-state index in [1.165, 1.54) is 0 Å². The highest BCUT2D eigenvalue weighted by atomic mass is 32.2. The summed E-state index contributed by atoms with van der Waals surface area (Å²) >= 11 is 0. The van der Waals surface area contributed by atoms with E-state index in [1.807, 2.05) is 6.92 Å². The molecule has 1 heterocycles. The maximum absolute atomic E-state index is 11.9. The van der Waals surface area contributed by atoms with Gasteiger partial charge in [0.2, 0.25) is 0 Å². The Morgan fingerprint density at radius 2 is 2.22 bits per heavy atom. The van der Waals surface area contributed by atoms with Gasteiger partial charge in [0.1, 0.15) is 0 Å². The molecule has 0 saturated carbocycles. The summed E-state index contributed by atoms with van der Waals surface area (Å²) < 4.78 is 23.0. The van der Waals surface area contributed by atoms with Gasteiger partial charge in [-0.1, -0.05) is 0 Å². The summed E-state index contributed by atoms with van der Waals surface area (Å²) in [7, 11) is -3.00. The lowest BCUT2D eigenvalue weighted by atomic mass is 10.2. The molecule has 102 valence electrons. The summed E-state index contributed by atoms with van der Waals surface area (Å²) in [5.74, 6) is 2.72. The van der Waals surface area contributed by atoms with E-state index >= 15 is 0 Å². The van der Waals surface area contributed by atoms with Crippen LogP contribution in [0.3, 0.4) is 0 Å². The number of carbonyl (C=O) groups is 1. The minimum atomic E-state index is -3.00. The second-order valence-electron chi connectivity index (χ2n) is 4.52. The molecule has 0 bridgehead atoms. The smallest absolute Gasteiger partial charge is 0.317 e. The van der Waals surface area contributed by atoms with E-state index in [0.29, 0.717) is 19.4 Å². The molecular weight excluding hydrogens is 252 g/mol. The Balaban J connectivity index is 2.49. The zero-order chi connectivity index (χ0) is 13.6. The van der Waals surface area contributed by atoms with Crippen LogP contribution in [-0.2, 0) is 9.84 Å². The van der Waals surface area contributed by atoms with Crippen molar-refractivity contribution in [2.45, 2.75) is 32.2 Å². The largest absolute Gasteiger partial charge is 0.338 e. The molecule has 1 N–H and O–H groups in total. The zero-order valence-corrected chi connectivity index (χ0v) is 11.5. The van der Waals surface area contributed by atoms with Crippen molar-refractivity contribution in [3.05, 3.63) is 0 Å². The molecule has 1 atom stereocenters. The van der Waals surface area contributed by atoms with Crippen LogP contribution in [0, 0.1) is 12.3 Å². The molecule has 0 aromatic carbocycles. The second-order valence-corrected chi connectivity index (χ2v) is 6.83. The maximum Gasteiger partial charge on any atom is 0.317 e. The van der Waals surface area contributed by atoms with Gasteiger partial charge in [-0.25, -0.2) is 13.2 Å². The van der Waals surface area contributed by atoms with E-state index in [2.05, 4.69) is 11.2 Å². The van der Waals surface area contributed by atoms with Crippen molar-refractivity contribution < 1.29 is 13.2 Å². The second kappa shape index (κ2) is 6.64. The minimum Gasteiger partial charge on any atom is -0.338 e. The minimum absolute atomic E-state index is 0.0464.